The number of Topliss-reactive ketones (excluding diaryl/α,β-unsaturated/α-hetero) is 1. The van der Waals surface area contributed by atoms with Gasteiger partial charge in [-0.3, -0.25) is 19.0 Å². The van der Waals surface area contributed by atoms with E-state index in [1.165, 1.54) is 0 Å². The van der Waals surface area contributed by atoms with E-state index in [2.05, 4.69) is 17.4 Å². The van der Waals surface area contributed by atoms with Gasteiger partial charge in [0.25, 0.3) is 5.91 Å². The highest BCUT2D eigenvalue weighted by Gasteiger charge is 2.20. The Balaban J connectivity index is 1.49. The van der Waals surface area contributed by atoms with Crippen LogP contribution in [0.25, 0.3) is 5.82 Å². The van der Waals surface area contributed by atoms with Gasteiger partial charge in [-0.05, 0) is 57.5 Å². The summed E-state index contributed by atoms with van der Waals surface area (Å²) in [6.45, 7) is 7.34. The first-order chi connectivity index (χ1) is 16.3. The van der Waals surface area contributed by atoms with Crippen molar-refractivity contribution in [2.24, 2.45) is 0 Å². The normalized spacial score (nSPS) is 10.7. The number of carbonyl (C=O) groups excluding carboxylic acids is 3. The lowest BCUT2D eigenvalue weighted by Crippen LogP contribution is -2.31. The highest BCUT2D eigenvalue weighted by atomic mass is 16.5. The first-order valence-corrected chi connectivity index (χ1v) is 11.1. The van der Waals surface area contributed by atoms with Crippen LogP contribution in [0.2, 0.25) is 0 Å². The molecule has 0 aliphatic heterocycles. The van der Waals surface area contributed by atoms with Crippen molar-refractivity contribution >= 4 is 17.7 Å². The minimum Gasteiger partial charge on any atom is -0.494 e. The molecule has 0 atom stereocenters. The van der Waals surface area contributed by atoms with Crippen molar-refractivity contribution in [2.75, 3.05) is 19.8 Å². The van der Waals surface area contributed by atoms with Crippen LogP contribution in [0.4, 0.5) is 0 Å². The van der Waals surface area contributed by atoms with Crippen molar-refractivity contribution in [2.45, 2.75) is 40.5 Å². The van der Waals surface area contributed by atoms with Gasteiger partial charge in [0.1, 0.15) is 18.1 Å². The van der Waals surface area contributed by atoms with Gasteiger partial charge < -0.3 is 19.3 Å². The molecule has 3 aromatic rings. The lowest BCUT2D eigenvalue weighted by molar-refractivity contribution is -0.141. The third-order valence-corrected chi connectivity index (χ3v) is 5.22. The third-order valence-electron chi connectivity index (χ3n) is 5.22. The zero-order valence-corrected chi connectivity index (χ0v) is 19.8. The van der Waals surface area contributed by atoms with E-state index in [0.29, 0.717) is 40.8 Å². The molecule has 9 nitrogen and oxygen atoms in total. The number of benzene rings is 1. The summed E-state index contributed by atoms with van der Waals surface area (Å²) >= 11 is 0. The first-order valence-electron chi connectivity index (χ1n) is 11.1. The molecule has 0 saturated carbocycles. The zero-order valence-electron chi connectivity index (χ0n) is 19.8. The fourth-order valence-corrected chi connectivity index (χ4v) is 3.42. The molecule has 0 saturated heterocycles. The van der Waals surface area contributed by atoms with Gasteiger partial charge in [0.05, 0.1) is 6.61 Å². The van der Waals surface area contributed by atoms with Crippen molar-refractivity contribution in [3.63, 3.8) is 0 Å². The second kappa shape index (κ2) is 11.3. The van der Waals surface area contributed by atoms with Crippen LogP contribution in [0, 0.1) is 20.8 Å². The van der Waals surface area contributed by atoms with Crippen molar-refractivity contribution < 1.29 is 28.4 Å². The molecule has 180 valence electrons. The predicted octanol–water partition coefficient (Wildman–Crippen LogP) is 3.73. The highest BCUT2D eigenvalue weighted by Crippen LogP contribution is 2.21. The summed E-state index contributed by atoms with van der Waals surface area (Å²) in [6, 6.07) is 10.1. The van der Waals surface area contributed by atoms with E-state index in [0.717, 1.165) is 18.5 Å². The topological polar surface area (TPSA) is 113 Å². The molecule has 9 heteroatoms. The Morgan fingerprint density at radius 1 is 1.09 bits per heavy atom. The Hall–Kier alpha value is -3.88. The average Bonchev–Trinajstić information content (AvgIpc) is 3.38. The Kier molecular flexibility index (Phi) is 8.24. The second-order valence-electron chi connectivity index (χ2n) is 7.91. The summed E-state index contributed by atoms with van der Waals surface area (Å²) in [6.07, 6.45) is 2.00. The molecule has 1 aromatic carbocycles. The quantitative estimate of drug-likeness (QED) is 0.260. The number of amides is 1. The molecule has 0 aliphatic rings. The number of hydrogen-bond donors (Lipinski definition) is 1. The van der Waals surface area contributed by atoms with Crippen LogP contribution in [0.1, 0.15) is 57.6 Å². The van der Waals surface area contributed by atoms with E-state index in [1.54, 1.807) is 54.8 Å². The van der Waals surface area contributed by atoms with Gasteiger partial charge in [0.2, 0.25) is 5.78 Å². The molecule has 0 aliphatic carbocycles. The fraction of sp³-hybridized carbons (Fsp3) is 0.360. The van der Waals surface area contributed by atoms with Crippen molar-refractivity contribution in [1.82, 2.24) is 15.0 Å². The number of aryl methyl sites for hydroxylation is 2. The van der Waals surface area contributed by atoms with Crippen LogP contribution in [0.5, 0.6) is 5.75 Å². The molecule has 2 aromatic heterocycles. The molecule has 0 unspecified atom stereocenters. The monoisotopic (exact) mass is 467 g/mol. The third kappa shape index (κ3) is 6.12. The number of carbonyl (C=O) groups is 3. The maximum Gasteiger partial charge on any atom is 0.325 e. The van der Waals surface area contributed by atoms with E-state index in [-0.39, 0.29) is 12.3 Å². The molecule has 0 bridgehead atoms. The van der Waals surface area contributed by atoms with Gasteiger partial charge in [-0.15, -0.1) is 0 Å². The summed E-state index contributed by atoms with van der Waals surface area (Å²) < 4.78 is 17.5. The smallest absolute Gasteiger partial charge is 0.325 e. The molecule has 0 radical (unpaired) electrons. The number of unbranched alkanes of at least 4 members (excludes halogenated alkanes) is 1. The molecule has 0 spiro atoms. The SMILES string of the molecule is CCCCOc1ccc(C(=O)NCC(=O)OCC(=O)c2cc(C)n(-c3cc(C)on3)c2C)cc1. The number of nitrogens with one attached hydrogen (secondary N) is 1. The summed E-state index contributed by atoms with van der Waals surface area (Å²) in [4.78, 5) is 36.9. The predicted molar refractivity (Wildman–Crippen MR) is 125 cm³/mol. The number of rotatable bonds is 11. The standard InChI is InChI=1S/C25H29N3O6/c1-5-6-11-32-20-9-7-19(8-10-20)25(31)26-14-24(30)33-15-22(29)21-12-16(2)28(18(21)4)23-13-17(3)34-27-23/h7-10,12-13H,5-6,11,14-15H2,1-4H3,(H,26,31). The highest BCUT2D eigenvalue weighted by molar-refractivity contribution is 6.00. The Labute approximate surface area is 198 Å². The number of ketones is 1. The molecule has 34 heavy (non-hydrogen) atoms. The number of nitrogens with zero attached hydrogens (tertiary/aromatic N) is 2. The summed E-state index contributed by atoms with van der Waals surface area (Å²) in [5, 5.41) is 6.48. The van der Waals surface area contributed by atoms with E-state index in [4.69, 9.17) is 14.0 Å². The largest absolute Gasteiger partial charge is 0.494 e. The second-order valence-corrected chi connectivity index (χ2v) is 7.91. The maximum atomic E-state index is 12.6. The lowest BCUT2D eigenvalue weighted by Gasteiger charge is -2.08. The van der Waals surface area contributed by atoms with Crippen molar-refractivity contribution in [3.05, 3.63) is 64.7 Å². The van der Waals surface area contributed by atoms with E-state index in [9.17, 15) is 14.4 Å². The first kappa shape index (κ1) is 24.8. The minimum absolute atomic E-state index is 0.349. The van der Waals surface area contributed by atoms with Crippen LogP contribution in [0.3, 0.4) is 0 Å². The fourth-order valence-electron chi connectivity index (χ4n) is 3.42. The number of esters is 1. The maximum absolute atomic E-state index is 12.6. The lowest BCUT2D eigenvalue weighted by atomic mass is 10.1. The van der Waals surface area contributed by atoms with E-state index in [1.807, 2.05) is 6.92 Å². The van der Waals surface area contributed by atoms with E-state index < -0.39 is 18.5 Å². The minimum atomic E-state index is -0.706. The van der Waals surface area contributed by atoms with Crippen LogP contribution < -0.4 is 10.1 Å². The zero-order chi connectivity index (χ0) is 24.7. The summed E-state index contributed by atoms with van der Waals surface area (Å²) in [5.41, 5.74) is 2.29. The summed E-state index contributed by atoms with van der Waals surface area (Å²) in [7, 11) is 0. The molecule has 1 N–H and O–H groups in total. The van der Waals surface area contributed by atoms with E-state index >= 15 is 0 Å². The Morgan fingerprint density at radius 2 is 1.82 bits per heavy atom. The molecular formula is C25H29N3O6. The van der Waals surface area contributed by atoms with Crippen molar-refractivity contribution in [3.8, 4) is 11.6 Å². The molecule has 1 amide bonds. The van der Waals surface area contributed by atoms with Gasteiger partial charge in [-0.25, -0.2) is 0 Å². The number of aromatic nitrogens is 2. The Morgan fingerprint density at radius 3 is 2.47 bits per heavy atom. The average molecular weight is 468 g/mol. The van der Waals surface area contributed by atoms with Crippen LogP contribution >= 0.6 is 0 Å². The van der Waals surface area contributed by atoms with Gasteiger partial charge in [-0.2, -0.15) is 0 Å². The van der Waals surface area contributed by atoms with Crippen LogP contribution in [-0.2, 0) is 9.53 Å². The van der Waals surface area contributed by atoms with Crippen LogP contribution in [0.15, 0.2) is 40.9 Å². The van der Waals surface area contributed by atoms with Gasteiger partial charge in [0.15, 0.2) is 12.4 Å². The molecule has 3 rings (SSSR count). The van der Waals surface area contributed by atoms with Gasteiger partial charge in [0, 0.05) is 28.6 Å². The molecular weight excluding hydrogens is 438 g/mol. The number of ether oxygens (including phenoxy) is 2. The molecule has 2 heterocycles. The van der Waals surface area contributed by atoms with Gasteiger partial charge >= 0.3 is 5.97 Å². The summed E-state index contributed by atoms with van der Waals surface area (Å²) in [5.74, 6) is 0.435. The van der Waals surface area contributed by atoms with Crippen LogP contribution in [-0.4, -0.2) is 47.1 Å². The Bertz CT molecular complexity index is 1160. The van der Waals surface area contributed by atoms with Crippen molar-refractivity contribution in [1.29, 1.82) is 0 Å². The molecule has 0 fully saturated rings. The van der Waals surface area contributed by atoms with Gasteiger partial charge in [-0.1, -0.05) is 18.5 Å². The number of hydrogen-bond acceptors (Lipinski definition) is 7.